The summed E-state index contributed by atoms with van der Waals surface area (Å²) in [5.41, 5.74) is 1.26. The summed E-state index contributed by atoms with van der Waals surface area (Å²) in [6.45, 7) is 0. The number of aromatic hydroxyl groups is 1. The number of benzene rings is 2. The van der Waals surface area contributed by atoms with Crippen LogP contribution in [0.4, 0.5) is 0 Å². The van der Waals surface area contributed by atoms with Crippen molar-refractivity contribution >= 4 is 5.78 Å². The number of carbonyl (C=O) groups is 1. The van der Waals surface area contributed by atoms with Gasteiger partial charge in [-0.1, -0.05) is 12.1 Å². The van der Waals surface area contributed by atoms with Gasteiger partial charge in [0, 0.05) is 12.1 Å². The van der Waals surface area contributed by atoms with Crippen LogP contribution in [-0.2, 0) is 0 Å². The quantitative estimate of drug-likeness (QED) is 0.943. The van der Waals surface area contributed by atoms with E-state index in [2.05, 4.69) is 0 Å². The molecule has 1 N–H and O–H groups in total. The summed E-state index contributed by atoms with van der Waals surface area (Å²) < 4.78 is 16.2. The Morgan fingerprint density at radius 3 is 2.50 bits per heavy atom. The number of hydrogen-bond acceptors (Lipinski definition) is 5. The monoisotopic (exact) mass is 300 g/mol. The number of rotatable bonds is 3. The van der Waals surface area contributed by atoms with Crippen LogP contribution in [0, 0.1) is 0 Å². The normalized spacial score (nSPS) is 16.6. The van der Waals surface area contributed by atoms with Crippen LogP contribution in [0.15, 0.2) is 36.4 Å². The number of phenols is 1. The summed E-state index contributed by atoms with van der Waals surface area (Å²) in [5.74, 6) is 1.34. The Labute approximate surface area is 128 Å². The van der Waals surface area contributed by atoms with Gasteiger partial charge in [-0.05, 0) is 17.7 Å². The Hall–Kier alpha value is -2.69. The number of carbonyl (C=O) groups excluding carboxylic acids is 1. The minimum Gasteiger partial charge on any atom is -0.508 e. The first kappa shape index (κ1) is 14.3. The SMILES string of the molecule is COc1ccc([C@H]2CC(=O)c3c(OC)cc(O)cc3O2)cc1. The van der Waals surface area contributed by atoms with Gasteiger partial charge in [-0.15, -0.1) is 0 Å². The molecule has 2 aromatic carbocycles. The number of methoxy groups -OCH3 is 2. The highest BCUT2D eigenvalue weighted by molar-refractivity contribution is 6.02. The van der Waals surface area contributed by atoms with Crippen molar-refractivity contribution in [1.82, 2.24) is 0 Å². The van der Waals surface area contributed by atoms with Gasteiger partial charge in [0.25, 0.3) is 0 Å². The first-order valence-corrected chi connectivity index (χ1v) is 6.87. The first-order chi connectivity index (χ1) is 10.6. The molecule has 3 rings (SSSR count). The Morgan fingerprint density at radius 2 is 1.86 bits per heavy atom. The highest BCUT2D eigenvalue weighted by Gasteiger charge is 2.31. The van der Waals surface area contributed by atoms with Crippen LogP contribution in [0.2, 0.25) is 0 Å². The molecule has 0 aliphatic carbocycles. The highest BCUT2D eigenvalue weighted by atomic mass is 16.5. The van der Waals surface area contributed by atoms with Gasteiger partial charge in [0.05, 0.1) is 20.6 Å². The average molecular weight is 300 g/mol. The Kier molecular flexibility index (Phi) is 3.63. The molecule has 2 aromatic rings. The van der Waals surface area contributed by atoms with E-state index in [1.807, 2.05) is 24.3 Å². The minimum atomic E-state index is -0.391. The molecule has 5 heteroatoms. The standard InChI is InChI=1S/C17H16O5/c1-20-12-5-3-10(4-6-12)14-9-13(19)17-15(21-2)7-11(18)8-16(17)22-14/h3-8,14,18H,9H2,1-2H3/t14-/m1/s1. The second kappa shape index (κ2) is 5.60. The number of Topliss-reactive ketones (excluding diaryl/α,β-unsaturated/α-hetero) is 1. The molecular weight excluding hydrogens is 284 g/mol. The molecule has 0 unspecified atom stereocenters. The maximum absolute atomic E-state index is 12.4. The third kappa shape index (κ3) is 2.45. The van der Waals surface area contributed by atoms with E-state index in [1.54, 1.807) is 7.11 Å². The second-order valence-electron chi connectivity index (χ2n) is 5.03. The Morgan fingerprint density at radius 1 is 1.14 bits per heavy atom. The molecule has 5 nitrogen and oxygen atoms in total. The van der Waals surface area contributed by atoms with Crippen LogP contribution in [0.25, 0.3) is 0 Å². The molecule has 1 heterocycles. The van der Waals surface area contributed by atoms with Crippen molar-refractivity contribution < 1.29 is 24.1 Å². The molecule has 1 aliphatic heterocycles. The van der Waals surface area contributed by atoms with E-state index in [1.165, 1.54) is 19.2 Å². The molecule has 0 aromatic heterocycles. The zero-order valence-electron chi connectivity index (χ0n) is 12.3. The van der Waals surface area contributed by atoms with Crippen molar-refractivity contribution in [2.75, 3.05) is 14.2 Å². The van der Waals surface area contributed by atoms with Crippen molar-refractivity contribution in [2.24, 2.45) is 0 Å². The van der Waals surface area contributed by atoms with Crippen molar-refractivity contribution in [2.45, 2.75) is 12.5 Å². The number of ether oxygens (including phenoxy) is 3. The Bertz CT molecular complexity index is 706. The van der Waals surface area contributed by atoms with E-state index in [0.29, 0.717) is 17.1 Å². The van der Waals surface area contributed by atoms with Gasteiger partial charge in [-0.2, -0.15) is 0 Å². The van der Waals surface area contributed by atoms with Crippen LogP contribution >= 0.6 is 0 Å². The topological polar surface area (TPSA) is 65.0 Å². The van der Waals surface area contributed by atoms with Crippen molar-refractivity contribution in [1.29, 1.82) is 0 Å². The fourth-order valence-corrected chi connectivity index (χ4v) is 2.57. The van der Waals surface area contributed by atoms with Gasteiger partial charge >= 0.3 is 0 Å². The van der Waals surface area contributed by atoms with Gasteiger partial charge in [-0.25, -0.2) is 0 Å². The second-order valence-corrected chi connectivity index (χ2v) is 5.03. The number of ketones is 1. The molecule has 0 radical (unpaired) electrons. The van der Waals surface area contributed by atoms with Gasteiger partial charge < -0.3 is 19.3 Å². The van der Waals surface area contributed by atoms with E-state index in [4.69, 9.17) is 14.2 Å². The highest BCUT2D eigenvalue weighted by Crippen LogP contribution is 2.42. The lowest BCUT2D eigenvalue weighted by Crippen LogP contribution is -2.21. The average Bonchev–Trinajstić information content (AvgIpc) is 2.53. The lowest BCUT2D eigenvalue weighted by atomic mass is 9.95. The van der Waals surface area contributed by atoms with Gasteiger partial charge in [0.15, 0.2) is 5.78 Å². The Balaban J connectivity index is 1.96. The predicted molar refractivity (Wildman–Crippen MR) is 80.0 cm³/mol. The molecule has 0 saturated carbocycles. The molecule has 114 valence electrons. The van der Waals surface area contributed by atoms with Gasteiger partial charge in [0.2, 0.25) is 0 Å². The fraction of sp³-hybridized carbons (Fsp3) is 0.235. The van der Waals surface area contributed by atoms with Gasteiger partial charge in [-0.3, -0.25) is 4.79 Å². The maximum atomic E-state index is 12.4. The lowest BCUT2D eigenvalue weighted by Gasteiger charge is -2.26. The molecule has 1 atom stereocenters. The van der Waals surface area contributed by atoms with Crippen molar-refractivity contribution in [3.05, 3.63) is 47.5 Å². The van der Waals surface area contributed by atoms with E-state index in [9.17, 15) is 9.90 Å². The van der Waals surface area contributed by atoms with Gasteiger partial charge in [0.1, 0.15) is 34.7 Å². The third-order valence-corrected chi connectivity index (χ3v) is 3.68. The molecule has 0 spiro atoms. The first-order valence-electron chi connectivity index (χ1n) is 6.87. The summed E-state index contributed by atoms with van der Waals surface area (Å²) >= 11 is 0. The molecule has 0 fully saturated rings. The molecule has 0 bridgehead atoms. The van der Waals surface area contributed by atoms with E-state index < -0.39 is 6.10 Å². The predicted octanol–water partition coefficient (Wildman–Crippen LogP) is 3.12. The summed E-state index contributed by atoms with van der Waals surface area (Å²) in [4.78, 5) is 12.4. The van der Waals surface area contributed by atoms with Crippen LogP contribution in [0.3, 0.4) is 0 Å². The number of fused-ring (bicyclic) bond motifs is 1. The molecular formula is C17H16O5. The molecule has 22 heavy (non-hydrogen) atoms. The van der Waals surface area contributed by atoms with E-state index in [0.717, 1.165) is 11.3 Å². The van der Waals surface area contributed by atoms with E-state index in [-0.39, 0.29) is 18.0 Å². The minimum absolute atomic E-state index is 0.00113. The fourth-order valence-electron chi connectivity index (χ4n) is 2.57. The van der Waals surface area contributed by atoms with Crippen molar-refractivity contribution in [3.63, 3.8) is 0 Å². The number of hydrogen-bond donors (Lipinski definition) is 1. The van der Waals surface area contributed by atoms with Crippen LogP contribution in [-0.4, -0.2) is 25.1 Å². The summed E-state index contributed by atoms with van der Waals surface area (Å²) in [6.07, 6.45) is -0.169. The van der Waals surface area contributed by atoms with Crippen LogP contribution in [0.1, 0.15) is 28.4 Å². The number of phenolic OH excluding ortho intramolecular Hbond substituents is 1. The largest absolute Gasteiger partial charge is 0.508 e. The zero-order valence-corrected chi connectivity index (χ0v) is 12.3. The molecule has 0 amide bonds. The summed E-state index contributed by atoms with van der Waals surface area (Å²) in [5, 5.41) is 9.72. The zero-order chi connectivity index (χ0) is 15.7. The van der Waals surface area contributed by atoms with Crippen molar-refractivity contribution in [3.8, 4) is 23.0 Å². The van der Waals surface area contributed by atoms with Crippen LogP contribution in [0.5, 0.6) is 23.0 Å². The maximum Gasteiger partial charge on any atom is 0.174 e. The molecule has 1 aliphatic rings. The summed E-state index contributed by atoms with van der Waals surface area (Å²) in [6, 6.07) is 10.2. The summed E-state index contributed by atoms with van der Waals surface area (Å²) in [7, 11) is 3.05. The molecule has 0 saturated heterocycles. The van der Waals surface area contributed by atoms with Crippen LogP contribution < -0.4 is 14.2 Å². The smallest absolute Gasteiger partial charge is 0.174 e. The lowest BCUT2D eigenvalue weighted by molar-refractivity contribution is 0.0844. The van der Waals surface area contributed by atoms with E-state index >= 15 is 0 Å². The third-order valence-electron chi connectivity index (χ3n) is 3.68.